The summed E-state index contributed by atoms with van der Waals surface area (Å²) in [5.74, 6) is -0.425. The van der Waals surface area contributed by atoms with Crippen LogP contribution in [-0.2, 0) is 9.59 Å². The number of hydrogen-bond acceptors (Lipinski definition) is 6. The van der Waals surface area contributed by atoms with Crippen LogP contribution in [0.3, 0.4) is 0 Å². The van der Waals surface area contributed by atoms with Crippen LogP contribution >= 0.6 is 0 Å². The topological polar surface area (TPSA) is 79.3 Å². The van der Waals surface area contributed by atoms with Gasteiger partial charge in [-0.3, -0.25) is 9.59 Å². The predicted molar refractivity (Wildman–Crippen MR) is 123 cm³/mol. The number of methoxy groups -OCH3 is 1. The van der Waals surface area contributed by atoms with Crippen molar-refractivity contribution in [1.29, 1.82) is 0 Å². The molecule has 1 N–H and O–H groups in total. The molecule has 0 aromatic heterocycles. The number of amides is 1. The third-order valence-electron chi connectivity index (χ3n) is 5.41. The zero-order valence-electron chi connectivity index (χ0n) is 19.0. The van der Waals surface area contributed by atoms with Gasteiger partial charge in [0.1, 0.15) is 17.3 Å². The van der Waals surface area contributed by atoms with Crippen molar-refractivity contribution in [3.8, 4) is 11.5 Å². The first-order chi connectivity index (χ1) is 15.4. The molecular formula is C25H30N2O5. The maximum atomic E-state index is 13.1. The van der Waals surface area contributed by atoms with Crippen molar-refractivity contribution in [2.75, 3.05) is 40.9 Å². The van der Waals surface area contributed by atoms with Gasteiger partial charge in [0, 0.05) is 6.54 Å². The molecule has 2 aromatic carbocycles. The average Bonchev–Trinajstić information content (AvgIpc) is 3.04. The fourth-order valence-electron chi connectivity index (χ4n) is 3.91. The van der Waals surface area contributed by atoms with Crippen LogP contribution in [0.2, 0.25) is 0 Å². The summed E-state index contributed by atoms with van der Waals surface area (Å²) < 4.78 is 10.9. The second-order valence-electron chi connectivity index (χ2n) is 7.85. The Balaban J connectivity index is 2.10. The highest BCUT2D eigenvalue weighted by Gasteiger charge is 2.46. The number of likely N-dealkylation sites (tertiary alicyclic amines) is 1. The van der Waals surface area contributed by atoms with Crippen LogP contribution in [0.15, 0.2) is 54.1 Å². The van der Waals surface area contributed by atoms with E-state index in [1.54, 1.807) is 29.2 Å². The van der Waals surface area contributed by atoms with Crippen LogP contribution in [0.5, 0.6) is 11.5 Å². The number of rotatable bonds is 9. The first-order valence-electron chi connectivity index (χ1n) is 10.7. The van der Waals surface area contributed by atoms with E-state index in [0.717, 1.165) is 12.1 Å². The molecule has 2 aromatic rings. The van der Waals surface area contributed by atoms with Gasteiger partial charge in [0.15, 0.2) is 0 Å². The summed E-state index contributed by atoms with van der Waals surface area (Å²) in [4.78, 5) is 29.7. The number of Topliss-reactive ketones (excluding diaryl/α,β-unsaturated/α-hetero) is 1. The summed E-state index contributed by atoms with van der Waals surface area (Å²) in [6, 6.07) is 13.5. The van der Waals surface area contributed by atoms with Gasteiger partial charge >= 0.3 is 0 Å². The molecule has 170 valence electrons. The molecule has 1 atom stereocenters. The zero-order chi connectivity index (χ0) is 23.3. The Morgan fingerprint density at radius 3 is 2.41 bits per heavy atom. The third-order valence-corrected chi connectivity index (χ3v) is 5.41. The van der Waals surface area contributed by atoms with Gasteiger partial charge in [-0.25, -0.2) is 0 Å². The lowest BCUT2D eigenvalue weighted by Crippen LogP contribution is -2.32. The number of aliphatic hydroxyl groups is 1. The third kappa shape index (κ3) is 4.78. The number of para-hydroxylation sites is 1. The monoisotopic (exact) mass is 438 g/mol. The Kier molecular flexibility index (Phi) is 7.53. The summed E-state index contributed by atoms with van der Waals surface area (Å²) in [5, 5.41) is 11.2. The van der Waals surface area contributed by atoms with Crippen molar-refractivity contribution < 1.29 is 24.2 Å². The van der Waals surface area contributed by atoms with Gasteiger partial charge in [-0.2, -0.15) is 0 Å². The lowest BCUT2D eigenvalue weighted by Gasteiger charge is -2.26. The highest BCUT2D eigenvalue weighted by atomic mass is 16.5. The predicted octanol–water partition coefficient (Wildman–Crippen LogP) is 3.47. The molecule has 1 aliphatic heterocycles. The van der Waals surface area contributed by atoms with Crippen molar-refractivity contribution in [3.63, 3.8) is 0 Å². The van der Waals surface area contributed by atoms with E-state index in [-0.39, 0.29) is 11.3 Å². The minimum Gasteiger partial charge on any atom is -0.507 e. The van der Waals surface area contributed by atoms with Gasteiger partial charge < -0.3 is 24.4 Å². The average molecular weight is 439 g/mol. The Morgan fingerprint density at radius 1 is 1.09 bits per heavy atom. The maximum absolute atomic E-state index is 13.1. The fourth-order valence-corrected chi connectivity index (χ4v) is 3.91. The van der Waals surface area contributed by atoms with E-state index in [9.17, 15) is 14.7 Å². The van der Waals surface area contributed by atoms with E-state index in [1.807, 2.05) is 50.2 Å². The molecule has 0 spiro atoms. The van der Waals surface area contributed by atoms with Crippen molar-refractivity contribution in [2.24, 2.45) is 0 Å². The Hall–Kier alpha value is -3.32. The highest BCUT2D eigenvalue weighted by molar-refractivity contribution is 6.46. The van der Waals surface area contributed by atoms with Gasteiger partial charge in [0.25, 0.3) is 11.7 Å². The normalized spacial score (nSPS) is 17.8. The minimum atomic E-state index is -0.697. The lowest BCUT2D eigenvalue weighted by molar-refractivity contribution is -0.139. The summed E-state index contributed by atoms with van der Waals surface area (Å²) >= 11 is 0. The quantitative estimate of drug-likeness (QED) is 0.367. The Bertz CT molecular complexity index is 998. The SMILES string of the molecule is CCOc1ccc(C2/C(=C(/O)c3ccccc3OC)C(=O)C(=O)N2CCCN(C)C)cc1. The van der Waals surface area contributed by atoms with E-state index in [0.29, 0.717) is 36.6 Å². The standard InChI is InChI=1S/C25H30N2O5/c1-5-32-18-13-11-17(12-14-18)22-21(23(28)19-9-6-7-10-20(19)31-4)24(29)25(30)27(22)16-8-15-26(2)3/h6-7,9-14,22,28H,5,8,15-16H2,1-4H3/b23-21-. The molecule has 1 heterocycles. The molecular weight excluding hydrogens is 408 g/mol. The number of carbonyl (C=O) groups excluding carboxylic acids is 2. The van der Waals surface area contributed by atoms with Crippen LogP contribution in [-0.4, -0.2) is 67.5 Å². The number of benzene rings is 2. The molecule has 1 saturated heterocycles. The molecule has 0 saturated carbocycles. The number of nitrogens with zero attached hydrogens (tertiary/aromatic N) is 2. The molecule has 3 rings (SSSR count). The molecule has 1 amide bonds. The van der Waals surface area contributed by atoms with Crippen LogP contribution in [0.1, 0.15) is 30.5 Å². The Morgan fingerprint density at radius 2 is 1.78 bits per heavy atom. The molecule has 1 fully saturated rings. The largest absolute Gasteiger partial charge is 0.507 e. The maximum Gasteiger partial charge on any atom is 0.295 e. The van der Waals surface area contributed by atoms with Gasteiger partial charge in [-0.15, -0.1) is 0 Å². The van der Waals surface area contributed by atoms with Crippen LogP contribution in [0.4, 0.5) is 0 Å². The van der Waals surface area contributed by atoms with Crippen molar-refractivity contribution in [2.45, 2.75) is 19.4 Å². The summed E-state index contributed by atoms with van der Waals surface area (Å²) in [6.45, 7) is 3.60. The summed E-state index contributed by atoms with van der Waals surface area (Å²) in [6.07, 6.45) is 0.697. The molecule has 0 radical (unpaired) electrons. The van der Waals surface area contributed by atoms with Gasteiger partial charge in [-0.05, 0) is 63.8 Å². The smallest absolute Gasteiger partial charge is 0.295 e. The highest BCUT2D eigenvalue weighted by Crippen LogP contribution is 2.41. The van der Waals surface area contributed by atoms with Gasteiger partial charge in [-0.1, -0.05) is 24.3 Å². The van der Waals surface area contributed by atoms with Crippen molar-refractivity contribution in [3.05, 3.63) is 65.2 Å². The van der Waals surface area contributed by atoms with Crippen LogP contribution in [0.25, 0.3) is 5.76 Å². The summed E-state index contributed by atoms with van der Waals surface area (Å²) in [5.41, 5.74) is 1.17. The molecule has 32 heavy (non-hydrogen) atoms. The molecule has 0 bridgehead atoms. The molecule has 7 heteroatoms. The number of aliphatic hydroxyl groups excluding tert-OH is 1. The van der Waals surface area contributed by atoms with E-state index in [1.165, 1.54) is 7.11 Å². The molecule has 1 unspecified atom stereocenters. The van der Waals surface area contributed by atoms with Gasteiger partial charge in [0.2, 0.25) is 0 Å². The number of ketones is 1. The first kappa shape index (κ1) is 23.3. The van der Waals surface area contributed by atoms with Gasteiger partial charge in [0.05, 0.1) is 30.9 Å². The second-order valence-corrected chi connectivity index (χ2v) is 7.85. The zero-order valence-corrected chi connectivity index (χ0v) is 19.0. The molecule has 1 aliphatic rings. The lowest BCUT2D eigenvalue weighted by atomic mass is 9.95. The van der Waals surface area contributed by atoms with Crippen molar-refractivity contribution >= 4 is 17.4 Å². The number of ether oxygens (including phenoxy) is 2. The number of carbonyl (C=O) groups is 2. The van der Waals surface area contributed by atoms with E-state index in [4.69, 9.17) is 9.47 Å². The van der Waals surface area contributed by atoms with Crippen molar-refractivity contribution in [1.82, 2.24) is 9.80 Å². The number of hydrogen-bond donors (Lipinski definition) is 1. The van der Waals surface area contributed by atoms with E-state index >= 15 is 0 Å². The fraction of sp³-hybridized carbons (Fsp3) is 0.360. The minimum absolute atomic E-state index is 0.0634. The second kappa shape index (κ2) is 10.3. The molecule has 7 nitrogen and oxygen atoms in total. The first-order valence-corrected chi connectivity index (χ1v) is 10.7. The Labute approximate surface area is 188 Å². The van der Waals surface area contributed by atoms with Crippen LogP contribution < -0.4 is 9.47 Å². The van der Waals surface area contributed by atoms with E-state index in [2.05, 4.69) is 0 Å². The van der Waals surface area contributed by atoms with Crippen LogP contribution in [0, 0.1) is 0 Å². The molecule has 0 aliphatic carbocycles. The summed E-state index contributed by atoms with van der Waals surface area (Å²) in [7, 11) is 5.41. The van der Waals surface area contributed by atoms with E-state index < -0.39 is 17.7 Å².